The number of fused-ring (bicyclic) bond motifs is 1. The SMILES string of the molecule is CC[Si](CC)(CC)O[C@H]1[C@H](O)[C@@H](CO[Si](C(C)C)(C(C)C)C(C)C)O[C@@H]2C[C@H]12. The van der Waals surface area contributed by atoms with Gasteiger partial charge in [-0.3, -0.25) is 0 Å². The second-order valence-corrected chi connectivity index (χ2v) is 20.2. The minimum absolute atomic E-state index is 0.0629. The summed E-state index contributed by atoms with van der Waals surface area (Å²) < 4.78 is 19.8. The number of hydrogen-bond donors (Lipinski definition) is 1. The molecule has 0 unspecified atom stereocenters. The number of ether oxygens (including phenoxy) is 1. The average Bonchev–Trinajstić information content (AvgIpc) is 3.41. The summed E-state index contributed by atoms with van der Waals surface area (Å²) in [4.78, 5) is 0. The normalized spacial score (nSPS) is 31.0. The fraction of sp³-hybridized carbons (Fsp3) is 1.00. The predicted octanol–water partition coefficient (Wildman–Crippen LogP) is 5.72. The lowest BCUT2D eigenvalue weighted by Gasteiger charge is -2.45. The van der Waals surface area contributed by atoms with E-state index >= 15 is 0 Å². The smallest absolute Gasteiger partial charge is 0.200 e. The van der Waals surface area contributed by atoms with Gasteiger partial charge in [-0.2, -0.15) is 0 Å². The Balaban J connectivity index is 2.12. The van der Waals surface area contributed by atoms with Crippen LogP contribution >= 0.6 is 0 Å². The van der Waals surface area contributed by atoms with E-state index in [4.69, 9.17) is 13.6 Å². The van der Waals surface area contributed by atoms with Crippen LogP contribution in [-0.2, 0) is 13.6 Å². The molecule has 2 fully saturated rings. The molecule has 0 aromatic carbocycles. The molecule has 166 valence electrons. The molecule has 1 heterocycles. The second-order valence-electron chi connectivity index (χ2n) is 10.1. The Kier molecular flexibility index (Phi) is 8.42. The predicted molar refractivity (Wildman–Crippen MR) is 122 cm³/mol. The Morgan fingerprint density at radius 3 is 1.86 bits per heavy atom. The summed E-state index contributed by atoms with van der Waals surface area (Å²) in [6, 6.07) is 3.35. The highest BCUT2D eigenvalue weighted by Crippen LogP contribution is 2.48. The zero-order chi connectivity index (χ0) is 21.3. The number of rotatable bonds is 11. The Morgan fingerprint density at radius 2 is 1.43 bits per heavy atom. The molecule has 2 aliphatic rings. The van der Waals surface area contributed by atoms with Crippen LogP contribution in [-0.4, -0.2) is 52.8 Å². The van der Waals surface area contributed by atoms with Gasteiger partial charge in [-0.15, -0.1) is 0 Å². The van der Waals surface area contributed by atoms with Gasteiger partial charge in [0.2, 0.25) is 0 Å². The molecular formula is C22H46O4Si2. The second kappa shape index (κ2) is 9.60. The molecule has 0 spiro atoms. The first-order valence-corrected chi connectivity index (χ1v) is 16.4. The van der Waals surface area contributed by atoms with Gasteiger partial charge in [-0.05, 0) is 41.2 Å². The third-order valence-electron chi connectivity index (χ3n) is 7.79. The first-order chi connectivity index (χ1) is 13.1. The average molecular weight is 431 g/mol. The zero-order valence-corrected chi connectivity index (χ0v) is 21.8. The van der Waals surface area contributed by atoms with E-state index in [1.54, 1.807) is 0 Å². The molecule has 0 aromatic rings. The number of aliphatic hydroxyl groups is 1. The van der Waals surface area contributed by atoms with Gasteiger partial charge in [0.1, 0.15) is 12.2 Å². The van der Waals surface area contributed by atoms with Crippen molar-refractivity contribution >= 4 is 16.6 Å². The lowest BCUT2D eigenvalue weighted by Crippen LogP contribution is -2.56. The zero-order valence-electron chi connectivity index (χ0n) is 19.8. The van der Waals surface area contributed by atoms with Crippen LogP contribution in [0.15, 0.2) is 0 Å². The van der Waals surface area contributed by atoms with Crippen LogP contribution in [0, 0.1) is 5.92 Å². The van der Waals surface area contributed by atoms with Crippen molar-refractivity contribution in [2.24, 2.45) is 5.92 Å². The van der Waals surface area contributed by atoms with E-state index in [1.165, 1.54) is 0 Å². The molecule has 1 aliphatic heterocycles. The topological polar surface area (TPSA) is 47.9 Å². The third-order valence-corrected chi connectivity index (χ3v) is 18.5. The van der Waals surface area contributed by atoms with Gasteiger partial charge in [-0.1, -0.05) is 62.3 Å². The molecule has 6 heteroatoms. The molecule has 0 aromatic heterocycles. The Morgan fingerprint density at radius 1 is 0.929 bits per heavy atom. The maximum Gasteiger partial charge on any atom is 0.200 e. The lowest BCUT2D eigenvalue weighted by atomic mass is 10.0. The van der Waals surface area contributed by atoms with Crippen LogP contribution in [0.3, 0.4) is 0 Å². The Hall–Kier alpha value is 0.274. The van der Waals surface area contributed by atoms with E-state index in [1.807, 2.05) is 0 Å². The van der Waals surface area contributed by atoms with Crippen molar-refractivity contribution < 1.29 is 18.7 Å². The molecule has 0 radical (unpaired) electrons. The fourth-order valence-corrected chi connectivity index (χ4v) is 14.1. The fourth-order valence-electron chi connectivity index (χ4n) is 5.77. The molecule has 0 amide bonds. The molecule has 1 saturated carbocycles. The first-order valence-electron chi connectivity index (χ1n) is 11.7. The van der Waals surface area contributed by atoms with Crippen molar-refractivity contribution in [2.75, 3.05) is 6.61 Å². The van der Waals surface area contributed by atoms with Crippen molar-refractivity contribution in [3.8, 4) is 0 Å². The highest BCUT2D eigenvalue weighted by molar-refractivity contribution is 6.77. The van der Waals surface area contributed by atoms with E-state index in [0.29, 0.717) is 29.1 Å². The standard InChI is InChI=1S/C22H46O4Si2/c1-10-27(11-2,12-3)26-22-18-13-19(18)25-20(21(22)23)14-24-28(15(4)5,16(6)7)17(8)9/h15-23H,10-14H2,1-9H3/t18-,19+,20+,21+,22+/m0/s1. The van der Waals surface area contributed by atoms with Crippen molar-refractivity contribution in [1.29, 1.82) is 0 Å². The van der Waals surface area contributed by atoms with Gasteiger partial charge in [-0.25, -0.2) is 0 Å². The molecule has 5 atom stereocenters. The summed E-state index contributed by atoms with van der Waals surface area (Å²) in [5.74, 6) is 0.380. The van der Waals surface area contributed by atoms with Crippen molar-refractivity contribution in [3.05, 3.63) is 0 Å². The van der Waals surface area contributed by atoms with Crippen LogP contribution in [0.25, 0.3) is 0 Å². The van der Waals surface area contributed by atoms with E-state index < -0.39 is 22.7 Å². The monoisotopic (exact) mass is 430 g/mol. The van der Waals surface area contributed by atoms with E-state index in [9.17, 15) is 5.11 Å². The van der Waals surface area contributed by atoms with Gasteiger partial charge in [0.15, 0.2) is 16.6 Å². The quantitative estimate of drug-likeness (QED) is 0.426. The molecule has 1 aliphatic carbocycles. The molecule has 2 rings (SSSR count). The van der Waals surface area contributed by atoms with Gasteiger partial charge in [0.05, 0.1) is 18.8 Å². The Labute approximate surface area is 176 Å². The largest absolute Gasteiger partial charge is 0.413 e. The summed E-state index contributed by atoms with van der Waals surface area (Å²) in [5.41, 5.74) is 1.61. The number of hydrogen-bond acceptors (Lipinski definition) is 4. The van der Waals surface area contributed by atoms with Crippen LogP contribution in [0.4, 0.5) is 0 Å². The minimum atomic E-state index is -1.96. The van der Waals surface area contributed by atoms with Gasteiger partial charge < -0.3 is 18.7 Å². The van der Waals surface area contributed by atoms with Crippen LogP contribution in [0.1, 0.15) is 68.7 Å². The molecule has 1 N–H and O–H groups in total. The van der Waals surface area contributed by atoms with E-state index in [-0.39, 0.29) is 18.3 Å². The summed E-state index contributed by atoms with van der Waals surface area (Å²) in [6.45, 7) is 21.1. The maximum atomic E-state index is 11.2. The van der Waals surface area contributed by atoms with Crippen LogP contribution in [0.2, 0.25) is 34.8 Å². The number of aliphatic hydroxyl groups excluding tert-OH is 1. The van der Waals surface area contributed by atoms with E-state index in [2.05, 4.69) is 62.3 Å². The molecule has 0 bridgehead atoms. The van der Waals surface area contributed by atoms with E-state index in [0.717, 1.165) is 24.6 Å². The minimum Gasteiger partial charge on any atom is -0.413 e. The summed E-state index contributed by atoms with van der Waals surface area (Å²) in [5, 5.41) is 11.2. The highest BCUT2D eigenvalue weighted by Gasteiger charge is 2.57. The van der Waals surface area contributed by atoms with Gasteiger partial charge in [0, 0.05) is 5.92 Å². The first kappa shape index (κ1) is 24.5. The summed E-state index contributed by atoms with van der Waals surface area (Å²) in [7, 11) is -3.71. The lowest BCUT2D eigenvalue weighted by molar-refractivity contribution is -0.146. The van der Waals surface area contributed by atoms with Crippen LogP contribution in [0.5, 0.6) is 0 Å². The Bertz CT molecular complexity index is 463. The summed E-state index contributed by atoms with van der Waals surface area (Å²) in [6.07, 6.45) is 0.396. The molecule has 28 heavy (non-hydrogen) atoms. The van der Waals surface area contributed by atoms with Gasteiger partial charge in [0.25, 0.3) is 0 Å². The van der Waals surface area contributed by atoms with Gasteiger partial charge >= 0.3 is 0 Å². The van der Waals surface area contributed by atoms with Crippen molar-refractivity contribution in [3.63, 3.8) is 0 Å². The third kappa shape index (κ3) is 4.62. The van der Waals surface area contributed by atoms with Crippen molar-refractivity contribution in [2.45, 2.75) is 128 Å². The molecule has 1 saturated heterocycles. The summed E-state index contributed by atoms with van der Waals surface area (Å²) >= 11 is 0. The molecular weight excluding hydrogens is 384 g/mol. The van der Waals surface area contributed by atoms with Crippen molar-refractivity contribution in [1.82, 2.24) is 0 Å². The maximum absolute atomic E-state index is 11.2. The van der Waals surface area contributed by atoms with Crippen LogP contribution < -0.4 is 0 Å². The highest BCUT2D eigenvalue weighted by atomic mass is 28.4. The molecule has 4 nitrogen and oxygen atoms in total.